The Morgan fingerprint density at radius 2 is 1.88 bits per heavy atom. The van der Waals surface area contributed by atoms with Crippen molar-refractivity contribution >= 4 is 34.8 Å². The van der Waals surface area contributed by atoms with Gasteiger partial charge in [0, 0.05) is 28.0 Å². The van der Waals surface area contributed by atoms with E-state index in [1.807, 2.05) is 62.1 Å². The lowest BCUT2D eigenvalue weighted by atomic mass is 10.00. The second-order valence-corrected chi connectivity index (χ2v) is 10.2. The fraction of sp³-hybridized carbons (Fsp3) is 0.333. The first-order valence-corrected chi connectivity index (χ1v) is 12.7. The lowest BCUT2D eigenvalue weighted by molar-refractivity contribution is -0.136. The van der Waals surface area contributed by atoms with Crippen LogP contribution in [0.5, 0.6) is 5.75 Å². The first-order valence-electron chi connectivity index (χ1n) is 11.5. The number of fused-ring (bicyclic) bond motifs is 1. The zero-order valence-electron chi connectivity index (χ0n) is 19.7. The predicted octanol–water partition coefficient (Wildman–Crippen LogP) is 5.77. The first-order chi connectivity index (χ1) is 16.3. The first kappa shape index (κ1) is 24.3. The van der Waals surface area contributed by atoms with Crippen molar-refractivity contribution in [3.63, 3.8) is 0 Å². The van der Waals surface area contributed by atoms with Crippen molar-refractivity contribution in [1.29, 1.82) is 0 Å². The molecule has 34 heavy (non-hydrogen) atoms. The zero-order valence-corrected chi connectivity index (χ0v) is 21.2. The van der Waals surface area contributed by atoms with Gasteiger partial charge in [0.15, 0.2) is 0 Å². The Hall–Kier alpha value is -2.83. The molecular weight excluding hydrogens is 468 g/mol. The second kappa shape index (κ2) is 10.6. The van der Waals surface area contributed by atoms with Crippen LogP contribution < -0.4 is 4.74 Å². The molecule has 0 fully saturated rings. The number of halogens is 1. The maximum Gasteiger partial charge on any atom is 0.254 e. The topological polar surface area (TPSA) is 49.9 Å². The van der Waals surface area contributed by atoms with E-state index in [1.165, 1.54) is 4.88 Å². The number of hydrogen-bond donors (Lipinski definition) is 0. The number of nitrogens with zero attached hydrogens (tertiary/aromatic N) is 2. The lowest BCUT2D eigenvalue weighted by Gasteiger charge is -2.37. The number of ether oxygens (including phenoxy) is 1. The highest BCUT2D eigenvalue weighted by molar-refractivity contribution is 7.10. The molecule has 0 saturated heterocycles. The van der Waals surface area contributed by atoms with Crippen LogP contribution in [0.25, 0.3) is 0 Å². The lowest BCUT2D eigenvalue weighted by Crippen LogP contribution is -2.49. The Kier molecular flexibility index (Phi) is 7.59. The van der Waals surface area contributed by atoms with Crippen LogP contribution in [0, 0.1) is 6.92 Å². The van der Waals surface area contributed by atoms with Gasteiger partial charge in [-0.1, -0.05) is 29.8 Å². The summed E-state index contributed by atoms with van der Waals surface area (Å²) in [6.07, 6.45) is 0.809. The van der Waals surface area contributed by atoms with Crippen molar-refractivity contribution in [2.75, 3.05) is 19.7 Å². The third-order valence-electron chi connectivity index (χ3n) is 6.20. The van der Waals surface area contributed by atoms with Crippen molar-refractivity contribution in [3.8, 4) is 5.75 Å². The fourth-order valence-corrected chi connectivity index (χ4v) is 5.33. The number of hydrogen-bond acceptors (Lipinski definition) is 4. The summed E-state index contributed by atoms with van der Waals surface area (Å²) in [5, 5.41) is 2.71. The van der Waals surface area contributed by atoms with Crippen LogP contribution >= 0.6 is 22.9 Å². The van der Waals surface area contributed by atoms with Gasteiger partial charge in [-0.2, -0.15) is 0 Å². The van der Waals surface area contributed by atoms with Crippen molar-refractivity contribution in [2.24, 2.45) is 0 Å². The summed E-state index contributed by atoms with van der Waals surface area (Å²) in [7, 11) is 0. The number of carbonyl (C=O) groups is 2. The number of rotatable bonds is 7. The van der Waals surface area contributed by atoms with E-state index in [2.05, 4.69) is 11.4 Å². The predicted molar refractivity (Wildman–Crippen MR) is 137 cm³/mol. The summed E-state index contributed by atoms with van der Waals surface area (Å²) in [5.74, 6) is 0.513. The molecule has 3 aromatic rings. The molecule has 1 aliphatic heterocycles. The minimum absolute atomic E-state index is 0.0295. The second-order valence-electron chi connectivity index (χ2n) is 8.76. The van der Waals surface area contributed by atoms with Gasteiger partial charge < -0.3 is 14.5 Å². The molecule has 0 aliphatic carbocycles. The number of benzene rings is 2. The van der Waals surface area contributed by atoms with E-state index in [9.17, 15) is 9.59 Å². The summed E-state index contributed by atoms with van der Waals surface area (Å²) >= 11 is 7.71. The summed E-state index contributed by atoms with van der Waals surface area (Å²) in [5.41, 5.74) is 2.66. The van der Waals surface area contributed by atoms with Crippen molar-refractivity contribution < 1.29 is 14.3 Å². The number of amides is 2. The third kappa shape index (κ3) is 5.29. The van der Waals surface area contributed by atoms with Crippen LogP contribution in [-0.2, 0) is 11.2 Å². The zero-order chi connectivity index (χ0) is 24.2. The average Bonchev–Trinajstić information content (AvgIpc) is 3.31. The van der Waals surface area contributed by atoms with Gasteiger partial charge in [0.25, 0.3) is 5.91 Å². The summed E-state index contributed by atoms with van der Waals surface area (Å²) < 4.78 is 6.06. The maximum atomic E-state index is 13.6. The van der Waals surface area contributed by atoms with Crippen LogP contribution in [0.2, 0.25) is 5.02 Å². The molecule has 0 spiro atoms. The summed E-state index contributed by atoms with van der Waals surface area (Å²) in [6, 6.07) is 16.5. The molecule has 5 nitrogen and oxygen atoms in total. The van der Waals surface area contributed by atoms with Gasteiger partial charge in [0.05, 0.1) is 6.04 Å². The minimum atomic E-state index is -0.208. The molecule has 2 aromatic carbocycles. The molecule has 0 bridgehead atoms. The smallest absolute Gasteiger partial charge is 0.254 e. The van der Waals surface area contributed by atoms with Crippen molar-refractivity contribution in [1.82, 2.24) is 9.80 Å². The Bertz CT molecular complexity index is 1160. The van der Waals surface area contributed by atoms with E-state index >= 15 is 0 Å². The molecule has 7 heteroatoms. The van der Waals surface area contributed by atoms with E-state index in [-0.39, 0.29) is 30.4 Å². The van der Waals surface area contributed by atoms with E-state index in [0.29, 0.717) is 29.5 Å². The maximum absolute atomic E-state index is 13.6. The molecule has 0 unspecified atom stereocenters. The molecule has 2 heterocycles. The average molecular weight is 497 g/mol. The van der Waals surface area contributed by atoms with Crippen LogP contribution in [0.3, 0.4) is 0 Å². The van der Waals surface area contributed by atoms with Gasteiger partial charge >= 0.3 is 0 Å². The van der Waals surface area contributed by atoms with Crippen LogP contribution in [0.15, 0.2) is 60.0 Å². The van der Waals surface area contributed by atoms with E-state index in [0.717, 1.165) is 17.5 Å². The Morgan fingerprint density at radius 1 is 1.15 bits per heavy atom. The molecule has 1 aromatic heterocycles. The Morgan fingerprint density at radius 3 is 2.59 bits per heavy atom. The van der Waals surface area contributed by atoms with Gasteiger partial charge in [-0.25, -0.2) is 0 Å². The van der Waals surface area contributed by atoms with Crippen molar-refractivity contribution in [3.05, 3.63) is 86.6 Å². The van der Waals surface area contributed by atoms with Gasteiger partial charge in [-0.3, -0.25) is 9.59 Å². The quantitative estimate of drug-likeness (QED) is 0.417. The fourth-order valence-electron chi connectivity index (χ4n) is 4.27. The van der Waals surface area contributed by atoms with Crippen LogP contribution in [0.4, 0.5) is 0 Å². The monoisotopic (exact) mass is 496 g/mol. The van der Waals surface area contributed by atoms with E-state index in [4.69, 9.17) is 16.3 Å². The van der Waals surface area contributed by atoms with Gasteiger partial charge in [-0.15, -0.1) is 11.3 Å². The SMILES string of the molecule is Cc1ccccc1C(=O)N(CC(=O)N1CCc2sccc2[C@H]1COc1ccc(Cl)cc1)C(C)C. The van der Waals surface area contributed by atoms with Gasteiger partial charge in [0.2, 0.25) is 5.91 Å². The molecule has 1 atom stereocenters. The molecule has 0 N–H and O–H groups in total. The summed E-state index contributed by atoms with van der Waals surface area (Å²) in [6.45, 7) is 6.77. The summed E-state index contributed by atoms with van der Waals surface area (Å²) in [4.78, 5) is 31.7. The number of aryl methyl sites for hydroxylation is 1. The number of thiophene rings is 1. The highest BCUT2D eigenvalue weighted by Gasteiger charge is 2.34. The number of carbonyl (C=O) groups excluding carboxylic acids is 2. The minimum Gasteiger partial charge on any atom is -0.491 e. The largest absolute Gasteiger partial charge is 0.491 e. The highest BCUT2D eigenvalue weighted by Crippen LogP contribution is 2.34. The van der Waals surface area contributed by atoms with Gasteiger partial charge in [0.1, 0.15) is 18.9 Å². The molecule has 2 amide bonds. The third-order valence-corrected chi connectivity index (χ3v) is 7.45. The van der Waals surface area contributed by atoms with Crippen LogP contribution in [-0.4, -0.2) is 47.4 Å². The molecular formula is C27H29ClN2O3S. The van der Waals surface area contributed by atoms with Crippen LogP contribution in [0.1, 0.15) is 46.3 Å². The molecule has 0 saturated carbocycles. The van der Waals surface area contributed by atoms with E-state index in [1.54, 1.807) is 28.4 Å². The van der Waals surface area contributed by atoms with Crippen molar-refractivity contribution in [2.45, 2.75) is 39.3 Å². The van der Waals surface area contributed by atoms with E-state index < -0.39 is 0 Å². The standard InChI is InChI=1S/C27H29ClN2O3S/c1-18(2)30(27(32)22-7-5-4-6-19(22)3)16-26(31)29-14-12-25-23(13-15-34-25)24(29)17-33-21-10-8-20(28)9-11-21/h4-11,13,15,18,24H,12,14,16-17H2,1-3H3/t24-/m1/s1. The molecule has 0 radical (unpaired) electrons. The Labute approximate surface area is 209 Å². The molecule has 1 aliphatic rings. The Balaban J connectivity index is 1.54. The normalized spacial score (nSPS) is 15.2. The molecule has 4 rings (SSSR count). The van der Waals surface area contributed by atoms with Gasteiger partial charge in [-0.05, 0) is 80.1 Å². The molecule has 178 valence electrons. The highest BCUT2D eigenvalue weighted by atomic mass is 35.5.